The average Bonchev–Trinajstić information content (AvgIpc) is 2.36. The van der Waals surface area contributed by atoms with Gasteiger partial charge in [-0.25, -0.2) is 0 Å². The van der Waals surface area contributed by atoms with E-state index in [-0.39, 0.29) is 5.91 Å². The van der Waals surface area contributed by atoms with Gasteiger partial charge in [-0.05, 0) is 39.8 Å². The van der Waals surface area contributed by atoms with Gasteiger partial charge in [-0.3, -0.25) is 9.78 Å². The van der Waals surface area contributed by atoms with Crippen molar-refractivity contribution in [3.05, 3.63) is 29.1 Å². The second-order valence-corrected chi connectivity index (χ2v) is 4.14. The first-order chi connectivity index (χ1) is 9.08. The van der Waals surface area contributed by atoms with Crippen molar-refractivity contribution in [1.29, 1.82) is 0 Å². The molecule has 0 fully saturated rings. The largest absolute Gasteiger partial charge is 0.351 e. The highest BCUT2D eigenvalue weighted by molar-refractivity contribution is 5.95. The molecule has 0 radical (unpaired) electrons. The molecule has 5 heteroatoms. The number of amides is 1. The predicted molar refractivity (Wildman–Crippen MR) is 73.1 cm³/mol. The van der Waals surface area contributed by atoms with E-state index in [2.05, 4.69) is 10.3 Å². The lowest BCUT2D eigenvalue weighted by atomic mass is 10.2. The predicted octanol–water partition coefficient (Wildman–Crippen LogP) is 1.83. The SMILES string of the molecule is CCOC(CNC(=O)c1ccc(C)nc1C)OCC. The second-order valence-electron chi connectivity index (χ2n) is 4.14. The third kappa shape index (κ3) is 4.96. The van der Waals surface area contributed by atoms with Gasteiger partial charge < -0.3 is 14.8 Å². The molecule has 0 aliphatic rings. The minimum atomic E-state index is -0.405. The fourth-order valence-electron chi connectivity index (χ4n) is 1.74. The lowest BCUT2D eigenvalue weighted by Crippen LogP contribution is -2.35. The maximum absolute atomic E-state index is 12.0. The van der Waals surface area contributed by atoms with E-state index in [9.17, 15) is 4.79 Å². The molecule has 0 saturated carbocycles. The number of aromatic nitrogens is 1. The molecule has 0 atom stereocenters. The summed E-state index contributed by atoms with van der Waals surface area (Å²) in [5, 5.41) is 2.80. The highest BCUT2D eigenvalue weighted by atomic mass is 16.7. The second kappa shape index (κ2) is 7.86. The number of nitrogens with one attached hydrogen (secondary N) is 1. The monoisotopic (exact) mass is 266 g/mol. The first-order valence-electron chi connectivity index (χ1n) is 6.54. The van der Waals surface area contributed by atoms with Crippen molar-refractivity contribution in [3.63, 3.8) is 0 Å². The summed E-state index contributed by atoms with van der Waals surface area (Å²) in [5.41, 5.74) is 2.20. The molecule has 1 rings (SSSR count). The summed E-state index contributed by atoms with van der Waals surface area (Å²) in [5.74, 6) is -0.158. The molecule has 1 heterocycles. The third-order valence-corrected chi connectivity index (χ3v) is 2.60. The molecule has 19 heavy (non-hydrogen) atoms. The van der Waals surface area contributed by atoms with E-state index < -0.39 is 6.29 Å². The van der Waals surface area contributed by atoms with E-state index in [1.54, 1.807) is 6.07 Å². The van der Waals surface area contributed by atoms with Crippen molar-refractivity contribution >= 4 is 5.91 Å². The van der Waals surface area contributed by atoms with Gasteiger partial charge in [0.2, 0.25) is 0 Å². The van der Waals surface area contributed by atoms with Gasteiger partial charge in [0.1, 0.15) is 0 Å². The quantitative estimate of drug-likeness (QED) is 0.765. The zero-order chi connectivity index (χ0) is 14.3. The zero-order valence-corrected chi connectivity index (χ0v) is 12.0. The average molecular weight is 266 g/mol. The molecule has 1 aromatic rings. The van der Waals surface area contributed by atoms with Crippen LogP contribution in [0.5, 0.6) is 0 Å². The van der Waals surface area contributed by atoms with Gasteiger partial charge >= 0.3 is 0 Å². The van der Waals surface area contributed by atoms with Crippen molar-refractivity contribution in [1.82, 2.24) is 10.3 Å². The van der Waals surface area contributed by atoms with Crippen LogP contribution in [0.25, 0.3) is 0 Å². The summed E-state index contributed by atoms with van der Waals surface area (Å²) < 4.78 is 10.7. The van der Waals surface area contributed by atoms with E-state index in [0.717, 1.165) is 11.4 Å². The number of rotatable bonds is 7. The molecule has 1 amide bonds. The van der Waals surface area contributed by atoms with Crippen molar-refractivity contribution in [2.45, 2.75) is 34.0 Å². The Kier molecular flexibility index (Phi) is 6.45. The number of hydrogen-bond donors (Lipinski definition) is 1. The molecule has 0 aromatic carbocycles. The van der Waals surface area contributed by atoms with E-state index >= 15 is 0 Å². The standard InChI is InChI=1S/C14H22N2O3/c1-5-18-13(19-6-2)9-15-14(17)12-8-7-10(3)16-11(12)4/h7-8,13H,5-6,9H2,1-4H3,(H,15,17). The van der Waals surface area contributed by atoms with Crippen molar-refractivity contribution in [2.24, 2.45) is 0 Å². The van der Waals surface area contributed by atoms with Crippen LogP contribution in [0.1, 0.15) is 35.6 Å². The Labute approximate surface area is 114 Å². The van der Waals surface area contributed by atoms with Crippen LogP contribution in [0.2, 0.25) is 0 Å². The smallest absolute Gasteiger partial charge is 0.253 e. The summed E-state index contributed by atoms with van der Waals surface area (Å²) in [6.45, 7) is 8.92. The van der Waals surface area contributed by atoms with Crippen molar-refractivity contribution in [3.8, 4) is 0 Å². The number of pyridine rings is 1. The van der Waals surface area contributed by atoms with Crippen LogP contribution in [-0.4, -0.2) is 36.9 Å². The molecule has 0 bridgehead atoms. The normalized spacial score (nSPS) is 10.8. The first-order valence-corrected chi connectivity index (χ1v) is 6.54. The number of aryl methyl sites for hydroxylation is 2. The molecule has 0 aliphatic heterocycles. The minimum absolute atomic E-state index is 0.158. The van der Waals surface area contributed by atoms with E-state index in [1.807, 2.05) is 33.8 Å². The van der Waals surface area contributed by atoms with Crippen LogP contribution in [0.15, 0.2) is 12.1 Å². The van der Waals surface area contributed by atoms with Crippen molar-refractivity contribution in [2.75, 3.05) is 19.8 Å². The number of hydrogen-bond acceptors (Lipinski definition) is 4. The van der Waals surface area contributed by atoms with E-state index in [0.29, 0.717) is 25.3 Å². The Morgan fingerprint density at radius 3 is 2.42 bits per heavy atom. The Morgan fingerprint density at radius 2 is 1.89 bits per heavy atom. The van der Waals surface area contributed by atoms with Crippen LogP contribution in [0.4, 0.5) is 0 Å². The fraction of sp³-hybridized carbons (Fsp3) is 0.571. The maximum Gasteiger partial charge on any atom is 0.253 e. The van der Waals surface area contributed by atoms with Crippen LogP contribution in [0.3, 0.4) is 0 Å². The highest BCUT2D eigenvalue weighted by Crippen LogP contribution is 2.06. The topological polar surface area (TPSA) is 60.5 Å². The highest BCUT2D eigenvalue weighted by Gasteiger charge is 2.13. The molecular formula is C14H22N2O3. The summed E-state index contributed by atoms with van der Waals surface area (Å²) in [7, 11) is 0. The molecule has 0 spiro atoms. The summed E-state index contributed by atoms with van der Waals surface area (Å²) >= 11 is 0. The summed E-state index contributed by atoms with van der Waals surface area (Å²) in [6, 6.07) is 3.61. The van der Waals surface area contributed by atoms with Gasteiger partial charge in [-0.2, -0.15) is 0 Å². The third-order valence-electron chi connectivity index (χ3n) is 2.60. The van der Waals surface area contributed by atoms with Gasteiger partial charge in [-0.15, -0.1) is 0 Å². The van der Waals surface area contributed by atoms with Crippen LogP contribution in [-0.2, 0) is 9.47 Å². The lowest BCUT2D eigenvalue weighted by molar-refractivity contribution is -0.131. The first kappa shape index (κ1) is 15.6. The Hall–Kier alpha value is -1.46. The number of carbonyl (C=O) groups excluding carboxylic acids is 1. The lowest BCUT2D eigenvalue weighted by Gasteiger charge is -2.17. The van der Waals surface area contributed by atoms with Gasteiger partial charge in [0.15, 0.2) is 6.29 Å². The van der Waals surface area contributed by atoms with Gasteiger partial charge in [-0.1, -0.05) is 0 Å². The van der Waals surface area contributed by atoms with Crippen LogP contribution >= 0.6 is 0 Å². The summed E-state index contributed by atoms with van der Waals surface area (Å²) in [6.07, 6.45) is -0.405. The minimum Gasteiger partial charge on any atom is -0.351 e. The van der Waals surface area contributed by atoms with Crippen LogP contribution in [0, 0.1) is 13.8 Å². The zero-order valence-electron chi connectivity index (χ0n) is 12.0. The molecule has 106 valence electrons. The van der Waals surface area contributed by atoms with Gasteiger partial charge in [0.25, 0.3) is 5.91 Å². The molecular weight excluding hydrogens is 244 g/mol. The molecule has 0 aliphatic carbocycles. The Morgan fingerprint density at radius 1 is 1.26 bits per heavy atom. The fourth-order valence-corrected chi connectivity index (χ4v) is 1.74. The molecule has 1 N–H and O–H groups in total. The van der Waals surface area contributed by atoms with Crippen LogP contribution < -0.4 is 5.32 Å². The number of nitrogens with zero attached hydrogens (tertiary/aromatic N) is 1. The van der Waals surface area contributed by atoms with Gasteiger partial charge in [0, 0.05) is 18.9 Å². The number of ether oxygens (including phenoxy) is 2. The maximum atomic E-state index is 12.0. The Balaban J connectivity index is 2.58. The molecule has 5 nitrogen and oxygen atoms in total. The molecule has 0 unspecified atom stereocenters. The van der Waals surface area contributed by atoms with E-state index in [1.165, 1.54) is 0 Å². The summed E-state index contributed by atoms with van der Waals surface area (Å²) in [4.78, 5) is 16.3. The number of carbonyl (C=O) groups is 1. The van der Waals surface area contributed by atoms with Gasteiger partial charge in [0.05, 0.1) is 17.8 Å². The molecule has 0 saturated heterocycles. The Bertz CT molecular complexity index is 415. The van der Waals surface area contributed by atoms with Crippen molar-refractivity contribution < 1.29 is 14.3 Å². The molecule has 1 aromatic heterocycles. The van der Waals surface area contributed by atoms with E-state index in [4.69, 9.17) is 9.47 Å².